The summed E-state index contributed by atoms with van der Waals surface area (Å²) in [5, 5.41) is 4.02. The molecule has 0 bridgehead atoms. The van der Waals surface area contributed by atoms with Crippen molar-refractivity contribution in [2.45, 2.75) is 175 Å². The van der Waals surface area contributed by atoms with Crippen LogP contribution in [0.25, 0.3) is 0 Å². The summed E-state index contributed by atoms with van der Waals surface area (Å²) in [4.78, 5) is 136. The predicted octanol–water partition coefficient (Wildman–Crippen LogP) is -0.391. The minimum absolute atomic E-state index is 0.138. The fraction of sp³-hybridized carbons (Fsp3) is 0.682. The van der Waals surface area contributed by atoms with Crippen LogP contribution in [0.2, 0.25) is 0 Å². The molecule has 4 heterocycles. The van der Waals surface area contributed by atoms with E-state index < -0.39 is 184 Å². The molecule has 0 aromatic carbocycles. The van der Waals surface area contributed by atoms with Crippen molar-refractivity contribution < 1.29 is 133 Å². The molecular formula is C44H57NO28. The summed E-state index contributed by atoms with van der Waals surface area (Å²) in [6.07, 6.45) is -24.8. The van der Waals surface area contributed by atoms with Gasteiger partial charge in [-0.25, -0.2) is 0 Å². The highest BCUT2D eigenvalue weighted by molar-refractivity contribution is 5.71. The maximum absolute atomic E-state index is 12.9. The number of nitrogens with zero attached hydrogens (tertiary/aromatic N) is 1. The van der Waals surface area contributed by atoms with Gasteiger partial charge in [0, 0.05) is 82.2 Å². The van der Waals surface area contributed by atoms with Crippen LogP contribution in [0.15, 0.2) is 10.6 Å². The molecule has 0 radical (unpaired) electrons. The van der Waals surface area contributed by atoms with Gasteiger partial charge in [0.15, 0.2) is 67.2 Å². The van der Waals surface area contributed by atoms with Gasteiger partial charge in [0.05, 0.1) is 0 Å². The molecule has 0 saturated carbocycles. The number of hydrogen-bond acceptors (Lipinski definition) is 29. The number of hydrogen-bond donors (Lipinski definition) is 0. The Morgan fingerprint density at radius 2 is 0.726 bits per heavy atom. The van der Waals surface area contributed by atoms with E-state index in [2.05, 4.69) is 5.16 Å². The lowest BCUT2D eigenvalue weighted by molar-refractivity contribution is -0.362. The lowest BCUT2D eigenvalue weighted by Crippen LogP contribution is -2.67. The van der Waals surface area contributed by atoms with Crippen LogP contribution in [-0.2, 0) is 135 Å². The van der Waals surface area contributed by atoms with Crippen molar-refractivity contribution in [1.82, 2.24) is 5.16 Å². The van der Waals surface area contributed by atoms with Gasteiger partial charge in [-0.1, -0.05) is 5.16 Å². The first kappa shape index (κ1) is 58.7. The highest BCUT2D eigenvalue weighted by atomic mass is 16.8. The Morgan fingerprint density at radius 1 is 0.397 bits per heavy atom. The van der Waals surface area contributed by atoms with E-state index in [1.165, 1.54) is 6.07 Å². The molecule has 73 heavy (non-hydrogen) atoms. The Hall–Kier alpha value is -6.82. The maximum Gasteiger partial charge on any atom is 0.303 e. The van der Waals surface area contributed by atoms with E-state index in [-0.39, 0.29) is 11.5 Å². The lowest BCUT2D eigenvalue weighted by Gasteiger charge is -2.48. The smallest absolute Gasteiger partial charge is 0.303 e. The lowest BCUT2D eigenvalue weighted by atomic mass is 9.92. The second-order valence-corrected chi connectivity index (χ2v) is 16.3. The molecule has 1 aromatic heterocycles. The van der Waals surface area contributed by atoms with Crippen LogP contribution in [0.3, 0.4) is 0 Å². The van der Waals surface area contributed by atoms with Crippen molar-refractivity contribution in [2.75, 3.05) is 19.8 Å². The van der Waals surface area contributed by atoms with E-state index >= 15 is 0 Å². The number of carbonyl (C=O) groups is 11. The Balaban J connectivity index is 1.77. The summed E-state index contributed by atoms with van der Waals surface area (Å²) in [5.41, 5.74) is -0.138. The Bertz CT molecular complexity index is 2190. The number of aromatic nitrogens is 1. The van der Waals surface area contributed by atoms with Crippen LogP contribution < -0.4 is 0 Å². The van der Waals surface area contributed by atoms with Gasteiger partial charge in [0.25, 0.3) is 0 Å². The zero-order valence-corrected chi connectivity index (χ0v) is 41.4. The van der Waals surface area contributed by atoms with Gasteiger partial charge >= 0.3 is 65.7 Å². The molecule has 3 aliphatic rings. The fourth-order valence-corrected chi connectivity index (χ4v) is 7.77. The third kappa shape index (κ3) is 17.4. The van der Waals surface area contributed by atoms with E-state index in [4.69, 9.17) is 80.3 Å². The quantitative estimate of drug-likeness (QED) is 0.118. The number of ether oxygens (including phenoxy) is 16. The minimum atomic E-state index is -1.94. The summed E-state index contributed by atoms with van der Waals surface area (Å²) in [7, 11) is 0. The van der Waals surface area contributed by atoms with Crippen LogP contribution in [0.5, 0.6) is 0 Å². The molecule has 4 rings (SSSR count). The third-order valence-electron chi connectivity index (χ3n) is 10.1. The summed E-state index contributed by atoms with van der Waals surface area (Å²) in [6.45, 7) is 8.70. The number of rotatable bonds is 20. The van der Waals surface area contributed by atoms with Crippen LogP contribution in [0.1, 0.15) is 93.7 Å². The largest absolute Gasteiger partial charge is 0.463 e. The van der Waals surface area contributed by atoms with Crippen LogP contribution in [-0.4, -0.2) is 176 Å². The zero-order chi connectivity index (χ0) is 54.4. The van der Waals surface area contributed by atoms with E-state index in [0.29, 0.717) is 0 Å². The maximum atomic E-state index is 12.9. The molecule has 0 amide bonds. The minimum Gasteiger partial charge on any atom is -0.463 e. The molecule has 29 nitrogen and oxygen atoms in total. The monoisotopic (exact) mass is 1050 g/mol. The summed E-state index contributed by atoms with van der Waals surface area (Å²) in [6, 6.07) is 1.24. The average Bonchev–Trinajstić information content (AvgIpc) is 3.73. The number of esters is 11. The van der Waals surface area contributed by atoms with E-state index in [1.807, 2.05) is 0 Å². The van der Waals surface area contributed by atoms with Crippen molar-refractivity contribution in [2.24, 2.45) is 0 Å². The molecule has 15 atom stereocenters. The standard InChI is InChI=1S/C44H57NO28/c1-17(46)57-14-30-34(61-20(4)49)38(64-23(7)52)37(63-22(6)51)33(69-30)29-12-28(73-45-29)13-60-43-41(67-26(10)55)40(66-25(9)54)36(32(70-43)16-59-19(3)48)72-44-42(68-27(11)56)39(65-24(8)53)35(62-21(5)50)31(71-44)15-58-18(2)47/h12,30-44H,13-16H2,1-11H3/t30-,31-,32-,33+,34+,35+,36-,37+,38+,39+,40+,41-,42-,43-,44+/m1/s1. The van der Waals surface area contributed by atoms with Crippen LogP contribution in [0.4, 0.5) is 0 Å². The molecule has 29 heteroatoms. The SMILES string of the molecule is CC(=O)OC[C@H]1O[C@@H](c2cc(CO[C@@H]3O[C@H](COC(C)=O)[C@@H](O[C@@H]4O[C@H](COC(C)=O)[C@H](OC(C)=O)[C@H](OC(C)=O)[C@H]4OC(C)=O)[C@H](OC(C)=O)[C@H]3OC(C)=O)on2)[C@H](OC(C)=O)[C@@H](OC(C)=O)[C@H]1OC(C)=O. The Kier molecular flexibility index (Phi) is 21.5. The van der Waals surface area contributed by atoms with Gasteiger partial charge in [-0.05, 0) is 0 Å². The van der Waals surface area contributed by atoms with Gasteiger partial charge in [-0.15, -0.1) is 0 Å². The fourth-order valence-electron chi connectivity index (χ4n) is 7.77. The molecule has 0 aliphatic carbocycles. The first-order valence-electron chi connectivity index (χ1n) is 22.2. The first-order valence-corrected chi connectivity index (χ1v) is 22.2. The molecule has 3 aliphatic heterocycles. The molecule has 0 N–H and O–H groups in total. The second-order valence-electron chi connectivity index (χ2n) is 16.3. The van der Waals surface area contributed by atoms with Crippen molar-refractivity contribution in [3.05, 3.63) is 17.5 Å². The highest BCUT2D eigenvalue weighted by Gasteiger charge is 2.58. The topological polar surface area (TPSA) is 361 Å². The van der Waals surface area contributed by atoms with Crippen LogP contribution >= 0.6 is 0 Å². The van der Waals surface area contributed by atoms with Gasteiger partial charge in [0.2, 0.25) is 0 Å². The molecule has 0 unspecified atom stereocenters. The van der Waals surface area contributed by atoms with Crippen molar-refractivity contribution >= 4 is 65.7 Å². The molecule has 3 fully saturated rings. The van der Waals surface area contributed by atoms with E-state index in [9.17, 15) is 52.7 Å². The van der Waals surface area contributed by atoms with Crippen molar-refractivity contribution in [3.63, 3.8) is 0 Å². The van der Waals surface area contributed by atoms with Gasteiger partial charge in [-0.3, -0.25) is 52.7 Å². The summed E-state index contributed by atoms with van der Waals surface area (Å²) in [5.74, 6) is -10.1. The predicted molar refractivity (Wildman–Crippen MR) is 225 cm³/mol. The van der Waals surface area contributed by atoms with E-state index in [0.717, 1.165) is 76.2 Å². The normalized spacial score (nSPS) is 29.7. The summed E-state index contributed by atoms with van der Waals surface area (Å²) < 4.78 is 96.1. The van der Waals surface area contributed by atoms with E-state index in [1.54, 1.807) is 0 Å². The Labute approximate surface area is 415 Å². The number of carbonyl (C=O) groups excluding carboxylic acids is 11. The Morgan fingerprint density at radius 3 is 1.15 bits per heavy atom. The average molecular weight is 1050 g/mol. The molecular weight excluding hydrogens is 990 g/mol. The van der Waals surface area contributed by atoms with Gasteiger partial charge < -0.3 is 80.3 Å². The second kappa shape index (κ2) is 26.8. The first-order chi connectivity index (χ1) is 34.2. The molecule has 406 valence electrons. The van der Waals surface area contributed by atoms with Crippen molar-refractivity contribution in [1.29, 1.82) is 0 Å². The highest BCUT2D eigenvalue weighted by Crippen LogP contribution is 2.39. The molecule has 0 spiro atoms. The third-order valence-corrected chi connectivity index (χ3v) is 10.1. The van der Waals surface area contributed by atoms with Crippen molar-refractivity contribution in [3.8, 4) is 0 Å². The van der Waals surface area contributed by atoms with Crippen LogP contribution in [0, 0.1) is 0 Å². The van der Waals surface area contributed by atoms with Gasteiger partial charge in [0.1, 0.15) is 62.6 Å². The zero-order valence-electron chi connectivity index (χ0n) is 41.4. The summed E-state index contributed by atoms with van der Waals surface area (Å²) >= 11 is 0. The molecule has 1 aromatic rings. The molecule has 3 saturated heterocycles. The van der Waals surface area contributed by atoms with Gasteiger partial charge in [-0.2, -0.15) is 0 Å².